The maximum absolute atomic E-state index is 5.84. The van der Waals surface area contributed by atoms with Gasteiger partial charge in [-0.25, -0.2) is 0 Å². The van der Waals surface area contributed by atoms with Gasteiger partial charge in [0.25, 0.3) is 0 Å². The molecular formula is C15H17NO. The van der Waals surface area contributed by atoms with Gasteiger partial charge in [-0.1, -0.05) is 11.6 Å². The summed E-state index contributed by atoms with van der Waals surface area (Å²) in [6.07, 6.45) is 6.94. The van der Waals surface area contributed by atoms with Crippen LogP contribution >= 0.6 is 0 Å². The maximum Gasteiger partial charge on any atom is 0.134 e. The first-order valence-corrected chi connectivity index (χ1v) is 5.85. The highest BCUT2D eigenvalue weighted by molar-refractivity contribution is 5.78. The molecule has 0 amide bonds. The second-order valence-corrected chi connectivity index (χ2v) is 4.27. The van der Waals surface area contributed by atoms with Crippen molar-refractivity contribution in [1.29, 1.82) is 0 Å². The third-order valence-corrected chi connectivity index (χ3v) is 2.96. The summed E-state index contributed by atoms with van der Waals surface area (Å²) in [6.45, 7) is 2.08. The minimum atomic E-state index is 0.193. The van der Waals surface area contributed by atoms with Crippen molar-refractivity contribution in [1.82, 2.24) is 5.32 Å². The van der Waals surface area contributed by atoms with Crippen LogP contribution in [0.5, 0.6) is 0 Å². The molecule has 17 heavy (non-hydrogen) atoms. The highest BCUT2D eigenvalue weighted by Gasteiger charge is 2.13. The predicted octanol–water partition coefficient (Wildman–Crippen LogP) is 3.42. The van der Waals surface area contributed by atoms with Crippen molar-refractivity contribution in [3.8, 4) is 12.3 Å². The van der Waals surface area contributed by atoms with Crippen molar-refractivity contribution < 1.29 is 4.42 Å². The lowest BCUT2D eigenvalue weighted by molar-refractivity contribution is 0.437. The van der Waals surface area contributed by atoms with Crippen LogP contribution in [-0.4, -0.2) is 7.05 Å². The number of aryl methyl sites for hydroxylation is 1. The van der Waals surface area contributed by atoms with E-state index in [2.05, 4.69) is 36.4 Å². The zero-order valence-electron chi connectivity index (χ0n) is 10.3. The fourth-order valence-corrected chi connectivity index (χ4v) is 2.01. The van der Waals surface area contributed by atoms with Crippen molar-refractivity contribution >= 4 is 11.0 Å². The monoisotopic (exact) mass is 227 g/mol. The second-order valence-electron chi connectivity index (χ2n) is 4.27. The van der Waals surface area contributed by atoms with Gasteiger partial charge in [0, 0.05) is 11.8 Å². The molecule has 0 radical (unpaired) electrons. The van der Waals surface area contributed by atoms with Crippen LogP contribution in [0.2, 0.25) is 0 Å². The smallest absolute Gasteiger partial charge is 0.134 e. The number of furan rings is 1. The lowest BCUT2D eigenvalue weighted by Crippen LogP contribution is -2.15. The largest absolute Gasteiger partial charge is 0.459 e. The second kappa shape index (κ2) is 5.07. The number of benzene rings is 1. The summed E-state index contributed by atoms with van der Waals surface area (Å²) in [7, 11) is 1.93. The Hall–Kier alpha value is -1.72. The number of fused-ring (bicyclic) bond motifs is 1. The number of hydrogen-bond donors (Lipinski definition) is 1. The lowest BCUT2D eigenvalue weighted by atomic mass is 10.1. The summed E-state index contributed by atoms with van der Waals surface area (Å²) in [5.74, 6) is 3.62. The maximum atomic E-state index is 5.84. The van der Waals surface area contributed by atoms with Crippen LogP contribution < -0.4 is 5.32 Å². The molecule has 88 valence electrons. The summed E-state index contributed by atoms with van der Waals surface area (Å²) >= 11 is 0. The zero-order valence-corrected chi connectivity index (χ0v) is 10.3. The molecule has 1 N–H and O–H groups in total. The average molecular weight is 227 g/mol. The molecule has 2 heteroatoms. The fraction of sp³-hybridized carbons (Fsp3) is 0.333. The van der Waals surface area contributed by atoms with Crippen LogP contribution in [0.4, 0.5) is 0 Å². The van der Waals surface area contributed by atoms with Gasteiger partial charge in [-0.3, -0.25) is 0 Å². The van der Waals surface area contributed by atoms with E-state index in [9.17, 15) is 0 Å². The third-order valence-electron chi connectivity index (χ3n) is 2.96. The first kappa shape index (κ1) is 11.8. The summed E-state index contributed by atoms with van der Waals surface area (Å²) in [4.78, 5) is 0. The van der Waals surface area contributed by atoms with Gasteiger partial charge in [-0.05, 0) is 38.6 Å². The summed E-state index contributed by atoms with van der Waals surface area (Å²) in [5, 5.41) is 4.39. The molecule has 1 unspecified atom stereocenters. The molecule has 2 aromatic rings. The number of nitrogens with one attached hydrogen (secondary N) is 1. The Morgan fingerprint density at radius 1 is 1.41 bits per heavy atom. The van der Waals surface area contributed by atoms with Gasteiger partial charge in [0.1, 0.15) is 11.3 Å². The van der Waals surface area contributed by atoms with Crippen molar-refractivity contribution in [2.75, 3.05) is 7.05 Å². The minimum absolute atomic E-state index is 0.193. The highest BCUT2D eigenvalue weighted by Crippen LogP contribution is 2.26. The van der Waals surface area contributed by atoms with E-state index in [1.54, 1.807) is 0 Å². The van der Waals surface area contributed by atoms with E-state index in [4.69, 9.17) is 10.8 Å². The molecule has 0 saturated heterocycles. The molecule has 1 aromatic carbocycles. The van der Waals surface area contributed by atoms with Crippen LogP contribution in [-0.2, 0) is 0 Å². The standard InChI is InChI=1S/C15H17NO/c1-4-5-6-13(16-3)15-10-12-9-11(2)7-8-14(12)17-15/h1,7-10,13,16H,5-6H2,2-3H3. The van der Waals surface area contributed by atoms with Crippen LogP contribution in [0.1, 0.15) is 30.2 Å². The molecule has 2 rings (SSSR count). The van der Waals surface area contributed by atoms with Crippen molar-refractivity contribution in [3.63, 3.8) is 0 Å². The Bertz CT molecular complexity index is 548. The van der Waals surface area contributed by atoms with Gasteiger partial charge in [0.05, 0.1) is 6.04 Å². The molecule has 0 aliphatic heterocycles. The van der Waals surface area contributed by atoms with Gasteiger partial charge >= 0.3 is 0 Å². The Morgan fingerprint density at radius 2 is 2.24 bits per heavy atom. The summed E-state index contributed by atoms with van der Waals surface area (Å²) in [5.41, 5.74) is 2.18. The zero-order chi connectivity index (χ0) is 12.3. The van der Waals surface area contributed by atoms with Gasteiger partial charge in [0.2, 0.25) is 0 Å². The van der Waals surface area contributed by atoms with Gasteiger partial charge in [-0.2, -0.15) is 0 Å². The number of terminal acetylenes is 1. The first-order valence-electron chi connectivity index (χ1n) is 5.85. The molecule has 1 aromatic heterocycles. The SMILES string of the molecule is C#CCCC(NC)c1cc2cc(C)ccc2o1. The van der Waals surface area contributed by atoms with E-state index in [0.717, 1.165) is 29.6 Å². The molecular weight excluding hydrogens is 210 g/mol. The third kappa shape index (κ3) is 2.51. The number of hydrogen-bond acceptors (Lipinski definition) is 2. The molecule has 0 aliphatic carbocycles. The summed E-state index contributed by atoms with van der Waals surface area (Å²) < 4.78 is 5.84. The quantitative estimate of drug-likeness (QED) is 0.810. The predicted molar refractivity (Wildman–Crippen MR) is 70.8 cm³/mol. The first-order chi connectivity index (χ1) is 8.24. The molecule has 0 spiro atoms. The van der Waals surface area contributed by atoms with Gasteiger partial charge in [-0.15, -0.1) is 12.3 Å². The Balaban J connectivity index is 2.31. The van der Waals surface area contributed by atoms with Crippen LogP contribution in [0.15, 0.2) is 28.7 Å². The molecule has 0 fully saturated rings. The Kier molecular flexibility index (Phi) is 3.51. The van der Waals surface area contributed by atoms with E-state index in [1.165, 1.54) is 5.56 Å². The molecule has 0 saturated carbocycles. The molecule has 2 nitrogen and oxygen atoms in total. The van der Waals surface area contributed by atoms with E-state index in [-0.39, 0.29) is 6.04 Å². The Morgan fingerprint density at radius 3 is 2.94 bits per heavy atom. The van der Waals surface area contributed by atoms with Crippen LogP contribution in [0.25, 0.3) is 11.0 Å². The molecule has 0 bridgehead atoms. The molecule has 1 heterocycles. The topological polar surface area (TPSA) is 25.2 Å². The van der Waals surface area contributed by atoms with E-state index >= 15 is 0 Å². The Labute approximate surface area is 102 Å². The van der Waals surface area contributed by atoms with Crippen LogP contribution in [0, 0.1) is 19.3 Å². The minimum Gasteiger partial charge on any atom is -0.459 e. The van der Waals surface area contributed by atoms with Crippen molar-refractivity contribution in [2.24, 2.45) is 0 Å². The van der Waals surface area contributed by atoms with Gasteiger partial charge in [0.15, 0.2) is 0 Å². The number of rotatable bonds is 4. The van der Waals surface area contributed by atoms with E-state index in [1.807, 2.05) is 13.1 Å². The van der Waals surface area contributed by atoms with Gasteiger partial charge < -0.3 is 9.73 Å². The molecule has 1 atom stereocenters. The van der Waals surface area contributed by atoms with Crippen molar-refractivity contribution in [3.05, 3.63) is 35.6 Å². The normalized spacial score (nSPS) is 12.5. The molecule has 0 aliphatic rings. The summed E-state index contributed by atoms with van der Waals surface area (Å²) in [6, 6.07) is 8.50. The van der Waals surface area contributed by atoms with E-state index in [0.29, 0.717) is 0 Å². The highest BCUT2D eigenvalue weighted by atomic mass is 16.3. The fourth-order valence-electron chi connectivity index (χ4n) is 2.01. The lowest BCUT2D eigenvalue weighted by Gasteiger charge is -2.10. The van der Waals surface area contributed by atoms with Crippen molar-refractivity contribution in [2.45, 2.75) is 25.8 Å². The van der Waals surface area contributed by atoms with E-state index < -0.39 is 0 Å². The van der Waals surface area contributed by atoms with Crippen LogP contribution in [0.3, 0.4) is 0 Å². The average Bonchev–Trinajstić information content (AvgIpc) is 2.72.